The summed E-state index contributed by atoms with van der Waals surface area (Å²) in [5, 5.41) is 2.36. The van der Waals surface area contributed by atoms with Crippen molar-refractivity contribution >= 4 is 21.6 Å². The van der Waals surface area contributed by atoms with Crippen molar-refractivity contribution in [3.8, 4) is 5.75 Å². The van der Waals surface area contributed by atoms with Crippen molar-refractivity contribution in [2.24, 2.45) is 0 Å². The molecule has 0 spiro atoms. The molecule has 0 bridgehead atoms. The molecular formula is C16H16F3N3O4S. The molecule has 1 amide bonds. The molecule has 0 unspecified atom stereocenters. The number of sulfonamides is 1. The first-order valence-electron chi connectivity index (χ1n) is 7.46. The molecule has 11 heteroatoms. The molecule has 146 valence electrons. The predicted molar refractivity (Wildman–Crippen MR) is 91.9 cm³/mol. The Balaban J connectivity index is 2.24. The lowest BCUT2D eigenvalue weighted by molar-refractivity contribution is -0.137. The number of rotatable bonds is 6. The van der Waals surface area contributed by atoms with E-state index >= 15 is 0 Å². The van der Waals surface area contributed by atoms with Crippen molar-refractivity contribution in [2.45, 2.75) is 12.7 Å². The number of alkyl halides is 3. The summed E-state index contributed by atoms with van der Waals surface area (Å²) in [6.45, 7) is -0.132. The second kappa shape index (κ2) is 7.92. The zero-order valence-electron chi connectivity index (χ0n) is 14.3. The van der Waals surface area contributed by atoms with Gasteiger partial charge in [-0.1, -0.05) is 0 Å². The topological polar surface area (TPSA) is 97.4 Å². The van der Waals surface area contributed by atoms with Crippen molar-refractivity contribution in [2.75, 3.05) is 18.7 Å². The van der Waals surface area contributed by atoms with Gasteiger partial charge in [-0.15, -0.1) is 0 Å². The van der Waals surface area contributed by atoms with Gasteiger partial charge in [-0.25, -0.2) is 13.1 Å². The van der Waals surface area contributed by atoms with Crippen LogP contribution in [0.15, 0.2) is 36.5 Å². The first kappa shape index (κ1) is 20.6. The molecule has 7 nitrogen and oxygen atoms in total. The van der Waals surface area contributed by atoms with Crippen molar-refractivity contribution < 1.29 is 31.1 Å². The van der Waals surface area contributed by atoms with Gasteiger partial charge >= 0.3 is 6.18 Å². The number of aromatic nitrogens is 1. The number of anilines is 1. The van der Waals surface area contributed by atoms with Gasteiger partial charge in [0.25, 0.3) is 5.91 Å². The first-order chi connectivity index (χ1) is 12.5. The van der Waals surface area contributed by atoms with Crippen LogP contribution in [0.4, 0.5) is 18.9 Å². The van der Waals surface area contributed by atoms with Gasteiger partial charge in [-0.05, 0) is 30.3 Å². The Morgan fingerprint density at radius 2 is 1.93 bits per heavy atom. The van der Waals surface area contributed by atoms with Crippen LogP contribution in [0.25, 0.3) is 0 Å². The Morgan fingerprint density at radius 1 is 1.22 bits per heavy atom. The fourth-order valence-electron chi connectivity index (χ4n) is 2.10. The van der Waals surface area contributed by atoms with E-state index in [1.807, 2.05) is 0 Å². The maximum Gasteiger partial charge on any atom is 0.416 e. The molecule has 1 heterocycles. The predicted octanol–water partition coefficient (Wildman–Crippen LogP) is 2.41. The summed E-state index contributed by atoms with van der Waals surface area (Å²) < 4.78 is 68.1. The number of pyridine rings is 1. The van der Waals surface area contributed by atoms with Crippen LogP contribution in [0.2, 0.25) is 0 Å². The van der Waals surface area contributed by atoms with Gasteiger partial charge in [0, 0.05) is 11.8 Å². The molecule has 2 N–H and O–H groups in total. The van der Waals surface area contributed by atoms with Crippen LogP contribution in [0, 0.1) is 0 Å². The van der Waals surface area contributed by atoms with E-state index in [4.69, 9.17) is 4.74 Å². The van der Waals surface area contributed by atoms with E-state index in [0.29, 0.717) is 0 Å². The zero-order chi connectivity index (χ0) is 20.2. The lowest BCUT2D eigenvalue weighted by atomic mass is 10.1. The van der Waals surface area contributed by atoms with Crippen LogP contribution in [0.1, 0.15) is 21.6 Å². The molecular weight excluding hydrogens is 387 g/mol. The smallest absolute Gasteiger partial charge is 0.416 e. The number of amides is 1. The number of nitrogens with zero attached hydrogens (tertiary/aromatic N) is 1. The Kier molecular flexibility index (Phi) is 6.06. The van der Waals surface area contributed by atoms with Gasteiger partial charge in [-0.3, -0.25) is 9.78 Å². The van der Waals surface area contributed by atoms with Gasteiger partial charge in [0.1, 0.15) is 5.75 Å². The van der Waals surface area contributed by atoms with Crippen LogP contribution >= 0.6 is 0 Å². The number of benzene rings is 1. The average molecular weight is 403 g/mol. The van der Waals surface area contributed by atoms with E-state index in [1.54, 1.807) is 0 Å². The van der Waals surface area contributed by atoms with Gasteiger partial charge < -0.3 is 10.1 Å². The molecule has 1 aromatic heterocycles. The molecule has 2 aromatic rings. The van der Waals surface area contributed by atoms with E-state index in [2.05, 4.69) is 15.0 Å². The summed E-state index contributed by atoms with van der Waals surface area (Å²) in [7, 11) is -2.18. The summed E-state index contributed by atoms with van der Waals surface area (Å²) in [6, 6.07) is 5.39. The molecule has 0 atom stereocenters. The van der Waals surface area contributed by atoms with Gasteiger partial charge in [0.15, 0.2) is 0 Å². The highest BCUT2D eigenvalue weighted by Crippen LogP contribution is 2.35. The Hall–Kier alpha value is -2.66. The average Bonchev–Trinajstić information content (AvgIpc) is 2.58. The number of halogens is 3. The summed E-state index contributed by atoms with van der Waals surface area (Å²) >= 11 is 0. The highest BCUT2D eigenvalue weighted by Gasteiger charge is 2.31. The maximum absolute atomic E-state index is 12.9. The fourth-order valence-corrected chi connectivity index (χ4v) is 2.51. The van der Waals surface area contributed by atoms with E-state index < -0.39 is 27.7 Å². The monoisotopic (exact) mass is 403 g/mol. The third-order valence-electron chi connectivity index (χ3n) is 3.37. The second-order valence-electron chi connectivity index (χ2n) is 5.50. The van der Waals surface area contributed by atoms with Gasteiger partial charge in [-0.2, -0.15) is 13.2 Å². The summed E-state index contributed by atoms with van der Waals surface area (Å²) in [5.74, 6) is -0.639. The minimum absolute atomic E-state index is 0.0596. The van der Waals surface area contributed by atoms with Crippen LogP contribution in [0.5, 0.6) is 5.75 Å². The number of carbonyl (C=O) groups excluding carboxylic acids is 1. The lowest BCUT2D eigenvalue weighted by Crippen LogP contribution is -2.22. The van der Waals surface area contributed by atoms with E-state index in [0.717, 1.165) is 24.5 Å². The molecule has 0 saturated heterocycles. The molecule has 2 rings (SSSR count). The molecule has 0 saturated carbocycles. The Bertz CT molecular complexity index is 946. The van der Waals surface area contributed by atoms with Crippen molar-refractivity contribution in [3.05, 3.63) is 53.3 Å². The Labute approximate surface area is 153 Å². The first-order valence-corrected chi connectivity index (χ1v) is 9.35. The summed E-state index contributed by atoms with van der Waals surface area (Å²) in [6.07, 6.45) is -2.31. The van der Waals surface area contributed by atoms with Crippen molar-refractivity contribution in [1.29, 1.82) is 0 Å². The highest BCUT2D eigenvalue weighted by atomic mass is 32.2. The minimum atomic E-state index is -4.58. The largest absolute Gasteiger partial charge is 0.495 e. The molecule has 1 aromatic carbocycles. The number of hydrogen-bond donors (Lipinski definition) is 2. The van der Waals surface area contributed by atoms with Crippen molar-refractivity contribution in [1.82, 2.24) is 9.71 Å². The van der Waals surface area contributed by atoms with Crippen LogP contribution in [-0.4, -0.2) is 32.7 Å². The molecule has 0 aliphatic heterocycles. The number of nitrogens with one attached hydrogen (secondary N) is 2. The molecule has 0 aliphatic carbocycles. The number of methoxy groups -OCH3 is 1. The van der Waals surface area contributed by atoms with Crippen molar-refractivity contribution in [3.63, 3.8) is 0 Å². The standard InChI is InChI=1S/C16H16F3N3O4S/c1-26-14-4-3-11(16(17,18)19)8-13(14)22-15(23)10-5-6-20-12(7-10)9-21-27(2,24)25/h3-8,21H,9H2,1-2H3,(H,22,23). The fraction of sp³-hybridized carbons (Fsp3) is 0.250. The van der Waals surface area contributed by atoms with Crippen LogP contribution in [-0.2, 0) is 22.7 Å². The van der Waals surface area contributed by atoms with Crippen LogP contribution < -0.4 is 14.8 Å². The zero-order valence-corrected chi connectivity index (χ0v) is 15.1. The molecule has 0 aliphatic rings. The molecule has 0 radical (unpaired) electrons. The third-order valence-corrected chi connectivity index (χ3v) is 4.04. The van der Waals surface area contributed by atoms with E-state index in [9.17, 15) is 26.4 Å². The van der Waals surface area contributed by atoms with E-state index in [-0.39, 0.29) is 29.2 Å². The minimum Gasteiger partial charge on any atom is -0.495 e. The highest BCUT2D eigenvalue weighted by molar-refractivity contribution is 7.88. The molecule has 27 heavy (non-hydrogen) atoms. The number of carbonyl (C=O) groups is 1. The quantitative estimate of drug-likeness (QED) is 0.772. The summed E-state index contributed by atoms with van der Waals surface area (Å²) in [5.41, 5.74) is -0.727. The number of ether oxygens (including phenoxy) is 1. The lowest BCUT2D eigenvalue weighted by Gasteiger charge is -2.14. The third kappa shape index (κ3) is 5.93. The van der Waals surface area contributed by atoms with Crippen LogP contribution in [0.3, 0.4) is 0 Å². The second-order valence-corrected chi connectivity index (χ2v) is 7.33. The maximum atomic E-state index is 12.9. The normalized spacial score (nSPS) is 11.9. The van der Waals surface area contributed by atoms with Gasteiger partial charge in [0.05, 0.1) is 36.9 Å². The summed E-state index contributed by atoms with van der Waals surface area (Å²) in [4.78, 5) is 16.3. The van der Waals surface area contributed by atoms with E-state index in [1.165, 1.54) is 25.4 Å². The van der Waals surface area contributed by atoms with Gasteiger partial charge in [0.2, 0.25) is 10.0 Å². The Morgan fingerprint density at radius 3 is 2.52 bits per heavy atom. The SMILES string of the molecule is COc1ccc(C(F)(F)F)cc1NC(=O)c1ccnc(CNS(C)(=O)=O)c1. The molecule has 0 fully saturated rings. The number of hydrogen-bond acceptors (Lipinski definition) is 5.